The number of aryl methyl sites for hydroxylation is 1. The van der Waals surface area contributed by atoms with Crippen molar-refractivity contribution in [1.82, 2.24) is 4.98 Å². The molecule has 0 aliphatic rings. The normalized spacial score (nSPS) is 13.0. The Morgan fingerprint density at radius 1 is 1.60 bits per heavy atom. The molecule has 0 aliphatic carbocycles. The Morgan fingerprint density at radius 3 is 3.07 bits per heavy atom. The highest BCUT2D eigenvalue weighted by Gasteiger charge is 2.05. The zero-order chi connectivity index (χ0) is 11.1. The van der Waals surface area contributed by atoms with Gasteiger partial charge < -0.3 is 10.5 Å². The van der Waals surface area contributed by atoms with E-state index in [1.54, 1.807) is 18.4 Å². The number of aromatic nitrogens is 1. The summed E-state index contributed by atoms with van der Waals surface area (Å²) >= 11 is 1.73. The Hall–Kier alpha value is -0.450. The Bertz CT molecular complexity index is 275. The Balaban J connectivity index is 2.35. The number of thiazole rings is 1. The fraction of sp³-hybridized carbons (Fsp3) is 0.727. The molecule has 4 heteroatoms. The maximum absolute atomic E-state index is 5.88. The van der Waals surface area contributed by atoms with Gasteiger partial charge in [0, 0.05) is 38.0 Å². The smallest absolute Gasteiger partial charge is 0.0929 e. The van der Waals surface area contributed by atoms with Crippen LogP contribution in [0.15, 0.2) is 5.38 Å². The molecule has 0 aromatic carbocycles. The van der Waals surface area contributed by atoms with Gasteiger partial charge in [-0.05, 0) is 12.8 Å². The van der Waals surface area contributed by atoms with Gasteiger partial charge in [-0.25, -0.2) is 4.98 Å². The van der Waals surface area contributed by atoms with Gasteiger partial charge in [-0.2, -0.15) is 0 Å². The van der Waals surface area contributed by atoms with Gasteiger partial charge in [0.05, 0.1) is 10.7 Å². The first-order valence-corrected chi connectivity index (χ1v) is 6.32. The first-order valence-electron chi connectivity index (χ1n) is 5.44. The lowest BCUT2D eigenvalue weighted by Gasteiger charge is -2.04. The molecule has 0 spiro atoms. The van der Waals surface area contributed by atoms with Gasteiger partial charge in [0.1, 0.15) is 0 Å². The molecule has 0 fully saturated rings. The van der Waals surface area contributed by atoms with E-state index in [1.165, 1.54) is 5.01 Å². The van der Waals surface area contributed by atoms with Crippen molar-refractivity contribution in [2.24, 2.45) is 5.73 Å². The molecule has 0 amide bonds. The molecule has 0 bridgehead atoms. The lowest BCUT2D eigenvalue weighted by Crippen LogP contribution is -2.21. The lowest BCUT2D eigenvalue weighted by atomic mass is 10.1. The fourth-order valence-electron chi connectivity index (χ4n) is 1.34. The fourth-order valence-corrected chi connectivity index (χ4v) is 2.19. The molecule has 1 unspecified atom stereocenters. The van der Waals surface area contributed by atoms with Crippen LogP contribution in [0.25, 0.3) is 0 Å². The standard InChI is InChI=1S/C11H20N2OS/c1-3-9(12)7-10-8-15-11(13-10)5-4-6-14-2/h8-9H,3-7,12H2,1-2H3. The third-order valence-corrected chi connectivity index (χ3v) is 3.29. The SMILES string of the molecule is CCC(N)Cc1csc(CCCOC)n1. The van der Waals surface area contributed by atoms with E-state index in [0.717, 1.165) is 38.0 Å². The second-order valence-corrected chi connectivity index (χ2v) is 4.64. The Morgan fingerprint density at radius 2 is 2.40 bits per heavy atom. The van der Waals surface area contributed by atoms with Gasteiger partial charge in [0.25, 0.3) is 0 Å². The molecule has 1 atom stereocenters. The number of nitrogens with two attached hydrogens (primary N) is 1. The van der Waals surface area contributed by atoms with Crippen molar-refractivity contribution >= 4 is 11.3 Å². The van der Waals surface area contributed by atoms with Crippen LogP contribution in [0.3, 0.4) is 0 Å². The van der Waals surface area contributed by atoms with E-state index < -0.39 is 0 Å². The topological polar surface area (TPSA) is 48.1 Å². The number of methoxy groups -OCH3 is 1. The van der Waals surface area contributed by atoms with Crippen LogP contribution in [0.4, 0.5) is 0 Å². The van der Waals surface area contributed by atoms with Gasteiger partial charge in [-0.15, -0.1) is 11.3 Å². The summed E-state index contributed by atoms with van der Waals surface area (Å²) < 4.78 is 5.01. The third kappa shape index (κ3) is 4.73. The highest BCUT2D eigenvalue weighted by Crippen LogP contribution is 2.13. The second-order valence-electron chi connectivity index (χ2n) is 3.70. The third-order valence-electron chi connectivity index (χ3n) is 2.33. The average molecular weight is 228 g/mol. The predicted octanol–water partition coefficient (Wildman–Crippen LogP) is 2.00. The molecule has 2 N–H and O–H groups in total. The quantitative estimate of drug-likeness (QED) is 0.726. The molecule has 0 saturated carbocycles. The molecule has 15 heavy (non-hydrogen) atoms. The molecule has 86 valence electrons. The molecule has 0 radical (unpaired) electrons. The molecule has 0 aliphatic heterocycles. The van der Waals surface area contributed by atoms with Gasteiger partial charge >= 0.3 is 0 Å². The van der Waals surface area contributed by atoms with E-state index in [9.17, 15) is 0 Å². The summed E-state index contributed by atoms with van der Waals surface area (Å²) in [6, 6.07) is 0.249. The van der Waals surface area contributed by atoms with Crippen LogP contribution in [0.1, 0.15) is 30.5 Å². The van der Waals surface area contributed by atoms with Gasteiger partial charge in [0.15, 0.2) is 0 Å². The lowest BCUT2D eigenvalue weighted by molar-refractivity contribution is 0.195. The van der Waals surface area contributed by atoms with E-state index in [4.69, 9.17) is 10.5 Å². The van der Waals surface area contributed by atoms with Crippen LogP contribution >= 0.6 is 11.3 Å². The van der Waals surface area contributed by atoms with Crippen molar-refractivity contribution in [1.29, 1.82) is 0 Å². The summed E-state index contributed by atoms with van der Waals surface area (Å²) in [5, 5.41) is 3.32. The van der Waals surface area contributed by atoms with Crippen molar-refractivity contribution in [2.45, 2.75) is 38.6 Å². The molecule has 1 rings (SSSR count). The van der Waals surface area contributed by atoms with E-state index >= 15 is 0 Å². The minimum atomic E-state index is 0.249. The summed E-state index contributed by atoms with van der Waals surface area (Å²) in [6.45, 7) is 2.92. The van der Waals surface area contributed by atoms with E-state index in [-0.39, 0.29) is 6.04 Å². The molecule has 1 aromatic rings. The number of nitrogens with zero attached hydrogens (tertiary/aromatic N) is 1. The molecular formula is C11H20N2OS. The maximum Gasteiger partial charge on any atom is 0.0929 e. The van der Waals surface area contributed by atoms with Crippen LogP contribution in [-0.2, 0) is 17.6 Å². The number of rotatable bonds is 7. The second kappa shape index (κ2) is 6.93. The van der Waals surface area contributed by atoms with E-state index in [0.29, 0.717) is 0 Å². The molecule has 1 heterocycles. The maximum atomic E-state index is 5.88. The van der Waals surface area contributed by atoms with E-state index in [2.05, 4.69) is 17.3 Å². The number of hydrogen-bond donors (Lipinski definition) is 1. The minimum Gasteiger partial charge on any atom is -0.385 e. The first-order chi connectivity index (χ1) is 7.26. The van der Waals surface area contributed by atoms with Crippen LogP contribution in [0.5, 0.6) is 0 Å². The highest BCUT2D eigenvalue weighted by atomic mass is 32.1. The summed E-state index contributed by atoms with van der Waals surface area (Å²) in [7, 11) is 1.73. The highest BCUT2D eigenvalue weighted by molar-refractivity contribution is 7.09. The first kappa shape index (κ1) is 12.6. The van der Waals surface area contributed by atoms with Crippen LogP contribution in [0.2, 0.25) is 0 Å². The van der Waals surface area contributed by atoms with Gasteiger partial charge in [-0.3, -0.25) is 0 Å². The van der Waals surface area contributed by atoms with Crippen molar-refractivity contribution in [3.8, 4) is 0 Å². The van der Waals surface area contributed by atoms with Crippen molar-refractivity contribution in [3.05, 3.63) is 16.1 Å². The van der Waals surface area contributed by atoms with E-state index in [1.807, 2.05) is 0 Å². The van der Waals surface area contributed by atoms with Crippen molar-refractivity contribution in [3.63, 3.8) is 0 Å². The monoisotopic (exact) mass is 228 g/mol. The molecule has 3 nitrogen and oxygen atoms in total. The Labute approximate surface area is 95.7 Å². The number of hydrogen-bond acceptors (Lipinski definition) is 4. The Kier molecular flexibility index (Phi) is 5.83. The van der Waals surface area contributed by atoms with Crippen LogP contribution in [0, 0.1) is 0 Å². The minimum absolute atomic E-state index is 0.249. The summed E-state index contributed by atoms with van der Waals surface area (Å²) in [4.78, 5) is 4.55. The average Bonchev–Trinajstić information content (AvgIpc) is 2.66. The van der Waals surface area contributed by atoms with Gasteiger partial charge in [0.2, 0.25) is 0 Å². The zero-order valence-corrected chi connectivity index (χ0v) is 10.3. The van der Waals surface area contributed by atoms with Crippen LogP contribution in [-0.4, -0.2) is 24.7 Å². The summed E-state index contributed by atoms with van der Waals surface area (Å²) in [5.74, 6) is 0. The molecular weight excluding hydrogens is 208 g/mol. The summed E-state index contributed by atoms with van der Waals surface area (Å²) in [6.07, 6.45) is 3.97. The predicted molar refractivity (Wildman–Crippen MR) is 64.3 cm³/mol. The summed E-state index contributed by atoms with van der Waals surface area (Å²) in [5.41, 5.74) is 7.02. The molecule has 0 saturated heterocycles. The molecule has 1 aromatic heterocycles. The largest absolute Gasteiger partial charge is 0.385 e. The van der Waals surface area contributed by atoms with Crippen molar-refractivity contribution < 1.29 is 4.74 Å². The van der Waals surface area contributed by atoms with Gasteiger partial charge in [-0.1, -0.05) is 6.92 Å². The zero-order valence-electron chi connectivity index (χ0n) is 9.53. The number of ether oxygens (including phenoxy) is 1. The van der Waals surface area contributed by atoms with Crippen LogP contribution < -0.4 is 5.73 Å². The van der Waals surface area contributed by atoms with Crippen molar-refractivity contribution in [2.75, 3.05) is 13.7 Å².